The Balaban J connectivity index is 1.64. The highest BCUT2D eigenvalue weighted by molar-refractivity contribution is 9.10. The van der Waals surface area contributed by atoms with Crippen molar-refractivity contribution in [3.63, 3.8) is 0 Å². The molecule has 0 spiro atoms. The predicted octanol–water partition coefficient (Wildman–Crippen LogP) is 3.20. The summed E-state index contributed by atoms with van der Waals surface area (Å²) >= 11 is 3.31. The number of nitrogens with one attached hydrogen (secondary N) is 1. The number of phenols is 1. The van der Waals surface area contributed by atoms with E-state index in [0.717, 1.165) is 23.2 Å². The standard InChI is InChI=1S/C14H20BrNO2/c15-13-7-3-4-11(14(13)17)10-16-8-9-18-12-5-1-2-6-12/h3-4,7,12,16-17H,1-2,5-6,8-10H2. The van der Waals surface area contributed by atoms with E-state index in [4.69, 9.17) is 4.74 Å². The number of phenolic OH excluding ortho intramolecular Hbond substituents is 1. The van der Waals surface area contributed by atoms with Crippen molar-refractivity contribution in [3.05, 3.63) is 28.2 Å². The van der Waals surface area contributed by atoms with Crippen molar-refractivity contribution in [2.24, 2.45) is 0 Å². The fourth-order valence-corrected chi connectivity index (χ4v) is 2.69. The first-order chi connectivity index (χ1) is 8.77. The molecule has 1 aliphatic rings. The molecule has 1 saturated carbocycles. The zero-order valence-corrected chi connectivity index (χ0v) is 12.1. The van der Waals surface area contributed by atoms with E-state index in [-0.39, 0.29) is 0 Å². The summed E-state index contributed by atoms with van der Waals surface area (Å²) in [5.74, 6) is 0.321. The lowest BCUT2D eigenvalue weighted by Gasteiger charge is -2.12. The minimum Gasteiger partial charge on any atom is -0.506 e. The molecule has 0 bridgehead atoms. The summed E-state index contributed by atoms with van der Waals surface area (Å²) in [6.07, 6.45) is 5.53. The van der Waals surface area contributed by atoms with Crippen LogP contribution in [0.15, 0.2) is 22.7 Å². The zero-order chi connectivity index (χ0) is 12.8. The van der Waals surface area contributed by atoms with E-state index >= 15 is 0 Å². The summed E-state index contributed by atoms with van der Waals surface area (Å²) in [6, 6.07) is 5.68. The van der Waals surface area contributed by atoms with Crippen LogP contribution < -0.4 is 5.32 Å². The minimum atomic E-state index is 0.321. The van der Waals surface area contributed by atoms with Crippen LogP contribution in [0.25, 0.3) is 0 Å². The van der Waals surface area contributed by atoms with Crippen molar-refractivity contribution < 1.29 is 9.84 Å². The molecule has 0 aromatic heterocycles. The van der Waals surface area contributed by atoms with E-state index in [9.17, 15) is 5.11 Å². The Morgan fingerprint density at radius 3 is 2.89 bits per heavy atom. The maximum atomic E-state index is 9.81. The highest BCUT2D eigenvalue weighted by atomic mass is 79.9. The van der Waals surface area contributed by atoms with Crippen molar-refractivity contribution in [3.8, 4) is 5.75 Å². The Bertz CT molecular complexity index is 378. The van der Waals surface area contributed by atoms with Crippen molar-refractivity contribution in [1.29, 1.82) is 0 Å². The van der Waals surface area contributed by atoms with Crippen LogP contribution in [0.4, 0.5) is 0 Å². The van der Waals surface area contributed by atoms with Gasteiger partial charge in [0.1, 0.15) is 5.75 Å². The average molecular weight is 314 g/mol. The number of benzene rings is 1. The number of para-hydroxylation sites is 1. The van der Waals surface area contributed by atoms with Gasteiger partial charge in [0.2, 0.25) is 0 Å². The summed E-state index contributed by atoms with van der Waals surface area (Å²) in [5, 5.41) is 13.1. The zero-order valence-electron chi connectivity index (χ0n) is 10.5. The molecule has 0 amide bonds. The van der Waals surface area contributed by atoms with Gasteiger partial charge >= 0.3 is 0 Å². The molecular weight excluding hydrogens is 294 g/mol. The molecule has 0 radical (unpaired) electrons. The summed E-state index contributed by atoms with van der Waals surface area (Å²) in [6.45, 7) is 2.24. The molecule has 0 heterocycles. The van der Waals surface area contributed by atoms with Crippen LogP contribution in [-0.4, -0.2) is 24.4 Å². The molecule has 18 heavy (non-hydrogen) atoms. The van der Waals surface area contributed by atoms with Gasteiger partial charge in [-0.3, -0.25) is 0 Å². The number of aromatic hydroxyl groups is 1. The monoisotopic (exact) mass is 313 g/mol. The van der Waals surface area contributed by atoms with Gasteiger partial charge < -0.3 is 15.2 Å². The van der Waals surface area contributed by atoms with E-state index in [1.54, 1.807) is 0 Å². The second kappa shape index (κ2) is 7.12. The van der Waals surface area contributed by atoms with E-state index in [1.165, 1.54) is 25.7 Å². The SMILES string of the molecule is Oc1c(Br)cccc1CNCCOC1CCCC1. The molecule has 1 aromatic carbocycles. The van der Waals surface area contributed by atoms with Crippen LogP contribution in [0, 0.1) is 0 Å². The van der Waals surface area contributed by atoms with Gasteiger partial charge in [0.15, 0.2) is 0 Å². The Morgan fingerprint density at radius 1 is 1.33 bits per heavy atom. The van der Waals surface area contributed by atoms with Gasteiger partial charge in [-0.15, -0.1) is 0 Å². The predicted molar refractivity (Wildman–Crippen MR) is 75.7 cm³/mol. The number of hydrogen-bond acceptors (Lipinski definition) is 3. The smallest absolute Gasteiger partial charge is 0.134 e. The van der Waals surface area contributed by atoms with Crippen molar-refractivity contribution >= 4 is 15.9 Å². The van der Waals surface area contributed by atoms with Gasteiger partial charge in [0, 0.05) is 18.7 Å². The first kappa shape index (κ1) is 13.8. The topological polar surface area (TPSA) is 41.5 Å². The molecule has 2 N–H and O–H groups in total. The molecule has 4 heteroatoms. The molecule has 1 fully saturated rings. The Hall–Kier alpha value is -0.580. The maximum Gasteiger partial charge on any atom is 0.134 e. The quantitative estimate of drug-likeness (QED) is 0.792. The third-order valence-electron chi connectivity index (χ3n) is 3.32. The van der Waals surface area contributed by atoms with Gasteiger partial charge in [-0.25, -0.2) is 0 Å². The molecule has 0 saturated heterocycles. The van der Waals surface area contributed by atoms with Gasteiger partial charge in [-0.1, -0.05) is 25.0 Å². The Kier molecular flexibility index (Phi) is 5.47. The van der Waals surface area contributed by atoms with Crippen molar-refractivity contribution in [2.75, 3.05) is 13.2 Å². The van der Waals surface area contributed by atoms with E-state index < -0.39 is 0 Å². The summed E-state index contributed by atoms with van der Waals surface area (Å²) in [5.41, 5.74) is 0.908. The highest BCUT2D eigenvalue weighted by Gasteiger charge is 2.14. The highest BCUT2D eigenvalue weighted by Crippen LogP contribution is 2.27. The van der Waals surface area contributed by atoms with E-state index in [1.807, 2.05) is 18.2 Å². The van der Waals surface area contributed by atoms with Crippen molar-refractivity contribution in [1.82, 2.24) is 5.32 Å². The van der Waals surface area contributed by atoms with E-state index in [2.05, 4.69) is 21.2 Å². The van der Waals surface area contributed by atoms with Crippen LogP contribution in [0.1, 0.15) is 31.2 Å². The third kappa shape index (κ3) is 3.97. The van der Waals surface area contributed by atoms with Crippen LogP contribution in [-0.2, 0) is 11.3 Å². The fraction of sp³-hybridized carbons (Fsp3) is 0.571. The summed E-state index contributed by atoms with van der Waals surface area (Å²) in [4.78, 5) is 0. The number of halogens is 1. The lowest BCUT2D eigenvalue weighted by molar-refractivity contribution is 0.0602. The molecule has 0 unspecified atom stereocenters. The minimum absolute atomic E-state index is 0.321. The third-order valence-corrected chi connectivity index (χ3v) is 3.96. The number of rotatable bonds is 6. The summed E-state index contributed by atoms with van der Waals surface area (Å²) < 4.78 is 6.50. The Labute approximate surface area is 117 Å². The first-order valence-electron chi connectivity index (χ1n) is 6.56. The van der Waals surface area contributed by atoms with Crippen LogP contribution in [0.2, 0.25) is 0 Å². The average Bonchev–Trinajstić information content (AvgIpc) is 2.87. The van der Waals surface area contributed by atoms with Gasteiger partial charge in [-0.05, 0) is 34.8 Å². The molecule has 2 rings (SSSR count). The fourth-order valence-electron chi connectivity index (χ4n) is 2.28. The van der Waals surface area contributed by atoms with Crippen LogP contribution in [0.3, 0.4) is 0 Å². The molecule has 1 aliphatic carbocycles. The Morgan fingerprint density at radius 2 is 2.11 bits per heavy atom. The second-order valence-corrected chi connectivity index (χ2v) is 5.56. The van der Waals surface area contributed by atoms with Crippen LogP contribution in [0.5, 0.6) is 5.75 Å². The second-order valence-electron chi connectivity index (χ2n) is 4.70. The van der Waals surface area contributed by atoms with Crippen molar-refractivity contribution in [2.45, 2.75) is 38.3 Å². The molecule has 3 nitrogen and oxygen atoms in total. The molecular formula is C14H20BrNO2. The lowest BCUT2D eigenvalue weighted by atomic mass is 10.2. The van der Waals surface area contributed by atoms with Gasteiger partial charge in [0.05, 0.1) is 17.2 Å². The number of hydrogen-bond donors (Lipinski definition) is 2. The maximum absolute atomic E-state index is 9.81. The van der Waals surface area contributed by atoms with Gasteiger partial charge in [0.25, 0.3) is 0 Å². The lowest BCUT2D eigenvalue weighted by Crippen LogP contribution is -2.21. The summed E-state index contributed by atoms with van der Waals surface area (Å²) in [7, 11) is 0. The van der Waals surface area contributed by atoms with Crippen LogP contribution >= 0.6 is 15.9 Å². The van der Waals surface area contributed by atoms with Gasteiger partial charge in [-0.2, -0.15) is 0 Å². The largest absolute Gasteiger partial charge is 0.506 e. The molecule has 100 valence electrons. The number of ether oxygens (including phenoxy) is 1. The normalized spacial score (nSPS) is 16.3. The molecule has 1 aromatic rings. The first-order valence-corrected chi connectivity index (χ1v) is 7.35. The molecule has 0 atom stereocenters. The molecule has 0 aliphatic heterocycles. The van der Waals surface area contributed by atoms with E-state index in [0.29, 0.717) is 18.4 Å².